The Morgan fingerprint density at radius 3 is 2.69 bits per heavy atom. The largest absolute Gasteiger partial charge is 0.326 e. The summed E-state index contributed by atoms with van der Waals surface area (Å²) in [6, 6.07) is 13.0. The van der Waals surface area contributed by atoms with E-state index in [2.05, 4.69) is 21.7 Å². The lowest BCUT2D eigenvalue weighted by molar-refractivity contribution is -0.116. The molecule has 3 aromatic rings. The van der Waals surface area contributed by atoms with E-state index in [1.807, 2.05) is 18.2 Å². The molecule has 0 aliphatic heterocycles. The normalized spacial score (nSPS) is 10.7. The van der Waals surface area contributed by atoms with Crippen LogP contribution < -0.4 is 10.6 Å². The summed E-state index contributed by atoms with van der Waals surface area (Å²) in [5.74, 6) is -0.270. The lowest BCUT2D eigenvalue weighted by Gasteiger charge is -2.09. The van der Waals surface area contributed by atoms with Gasteiger partial charge in [-0.05, 0) is 43.2 Å². The molecule has 0 bridgehead atoms. The van der Waals surface area contributed by atoms with Crippen molar-refractivity contribution in [1.29, 1.82) is 0 Å². The van der Waals surface area contributed by atoms with Crippen molar-refractivity contribution in [2.75, 3.05) is 10.6 Å². The second-order valence-corrected chi connectivity index (χ2v) is 7.38. The fraction of sp³-hybridized carbons (Fsp3) is 0.211. The molecule has 0 saturated carbocycles. The SMILES string of the molecule is CC(=O)Nc1ccc(NC(=O)CCCc2nc3ccccc3s2)cc1Cl. The Bertz CT molecular complexity index is 922. The number of nitrogens with one attached hydrogen (secondary N) is 2. The summed E-state index contributed by atoms with van der Waals surface area (Å²) in [6.07, 6.45) is 1.90. The van der Waals surface area contributed by atoms with Gasteiger partial charge < -0.3 is 10.6 Å². The first kappa shape index (κ1) is 18.4. The number of aryl methyl sites for hydroxylation is 1. The highest BCUT2D eigenvalue weighted by atomic mass is 35.5. The lowest BCUT2D eigenvalue weighted by Crippen LogP contribution is -2.12. The molecule has 0 atom stereocenters. The minimum atomic E-state index is -0.196. The van der Waals surface area contributed by atoms with Gasteiger partial charge in [-0.15, -0.1) is 11.3 Å². The van der Waals surface area contributed by atoms with E-state index in [1.165, 1.54) is 11.6 Å². The molecule has 2 aromatic carbocycles. The predicted octanol–water partition coefficient (Wildman–Crippen LogP) is 4.87. The Labute approximate surface area is 160 Å². The summed E-state index contributed by atoms with van der Waals surface area (Å²) in [5.41, 5.74) is 2.13. The van der Waals surface area contributed by atoms with E-state index in [1.54, 1.807) is 29.5 Å². The molecule has 7 heteroatoms. The molecule has 0 radical (unpaired) electrons. The summed E-state index contributed by atoms with van der Waals surface area (Å²) in [6.45, 7) is 1.41. The molecule has 0 saturated heterocycles. The number of aromatic nitrogens is 1. The maximum Gasteiger partial charge on any atom is 0.224 e. The van der Waals surface area contributed by atoms with Crippen molar-refractivity contribution < 1.29 is 9.59 Å². The summed E-state index contributed by atoms with van der Waals surface area (Å²) < 4.78 is 1.17. The van der Waals surface area contributed by atoms with Crippen molar-refractivity contribution in [2.24, 2.45) is 0 Å². The van der Waals surface area contributed by atoms with Crippen molar-refractivity contribution in [3.05, 3.63) is 52.5 Å². The highest BCUT2D eigenvalue weighted by Gasteiger charge is 2.08. The molecule has 0 unspecified atom stereocenters. The van der Waals surface area contributed by atoms with Gasteiger partial charge in [0.1, 0.15) is 0 Å². The minimum Gasteiger partial charge on any atom is -0.326 e. The smallest absolute Gasteiger partial charge is 0.224 e. The quantitative estimate of drug-likeness (QED) is 0.633. The van der Waals surface area contributed by atoms with Crippen LogP contribution in [0.5, 0.6) is 0 Å². The number of amides is 2. The van der Waals surface area contributed by atoms with Gasteiger partial charge in [-0.25, -0.2) is 4.98 Å². The number of hydrogen-bond donors (Lipinski definition) is 2. The summed E-state index contributed by atoms with van der Waals surface area (Å²) >= 11 is 7.77. The first-order chi connectivity index (χ1) is 12.5. The van der Waals surface area contributed by atoms with E-state index in [0.717, 1.165) is 23.4 Å². The standard InChI is InChI=1S/C19H18ClN3O2S/c1-12(24)21-15-10-9-13(11-14(15)20)22-18(25)7-4-8-19-23-16-5-2-3-6-17(16)26-19/h2-3,5-6,9-11H,4,7-8H2,1H3,(H,21,24)(H,22,25). The average Bonchev–Trinajstić information content (AvgIpc) is 2.99. The van der Waals surface area contributed by atoms with Crippen LogP contribution in [0.25, 0.3) is 10.2 Å². The number of thiazole rings is 1. The molecule has 1 aromatic heterocycles. The zero-order chi connectivity index (χ0) is 18.5. The molecule has 2 amide bonds. The van der Waals surface area contributed by atoms with E-state index >= 15 is 0 Å². The topological polar surface area (TPSA) is 71.1 Å². The van der Waals surface area contributed by atoms with Crippen molar-refractivity contribution in [1.82, 2.24) is 4.98 Å². The van der Waals surface area contributed by atoms with E-state index < -0.39 is 0 Å². The summed E-state index contributed by atoms with van der Waals surface area (Å²) in [4.78, 5) is 27.8. The van der Waals surface area contributed by atoms with Crippen LogP contribution in [0.3, 0.4) is 0 Å². The Morgan fingerprint density at radius 1 is 1.15 bits per heavy atom. The molecule has 2 N–H and O–H groups in total. The zero-order valence-corrected chi connectivity index (χ0v) is 15.8. The van der Waals surface area contributed by atoms with Crippen LogP contribution in [0.2, 0.25) is 5.02 Å². The van der Waals surface area contributed by atoms with Gasteiger partial charge in [0.25, 0.3) is 0 Å². The molecule has 26 heavy (non-hydrogen) atoms. The zero-order valence-electron chi connectivity index (χ0n) is 14.2. The van der Waals surface area contributed by atoms with Crippen LogP contribution in [0.1, 0.15) is 24.8 Å². The van der Waals surface area contributed by atoms with Crippen molar-refractivity contribution in [2.45, 2.75) is 26.2 Å². The fourth-order valence-corrected chi connectivity index (χ4v) is 3.77. The highest BCUT2D eigenvalue weighted by Crippen LogP contribution is 2.26. The third-order valence-corrected chi connectivity index (χ3v) is 5.11. The number of carbonyl (C=O) groups excluding carboxylic acids is 2. The van der Waals surface area contributed by atoms with Gasteiger partial charge in [0, 0.05) is 19.0 Å². The number of nitrogens with zero attached hydrogens (tertiary/aromatic N) is 1. The number of halogens is 1. The third kappa shape index (κ3) is 4.80. The molecular weight excluding hydrogens is 370 g/mol. The molecule has 0 fully saturated rings. The minimum absolute atomic E-state index is 0.0746. The molecular formula is C19H18ClN3O2S. The van der Waals surface area contributed by atoms with Crippen molar-refractivity contribution in [3.63, 3.8) is 0 Å². The number of para-hydroxylation sites is 1. The molecule has 0 aliphatic rings. The van der Waals surface area contributed by atoms with Crippen LogP contribution in [0, 0.1) is 0 Å². The molecule has 0 aliphatic carbocycles. The van der Waals surface area contributed by atoms with Gasteiger partial charge in [0.15, 0.2) is 0 Å². The molecule has 1 heterocycles. The van der Waals surface area contributed by atoms with E-state index in [9.17, 15) is 9.59 Å². The Hall–Kier alpha value is -2.44. The monoisotopic (exact) mass is 387 g/mol. The van der Waals surface area contributed by atoms with Gasteiger partial charge in [-0.1, -0.05) is 23.7 Å². The molecule has 134 valence electrons. The average molecular weight is 388 g/mol. The number of hydrogen-bond acceptors (Lipinski definition) is 4. The maximum absolute atomic E-state index is 12.1. The number of rotatable bonds is 6. The second-order valence-electron chi connectivity index (χ2n) is 5.85. The van der Waals surface area contributed by atoms with Crippen LogP contribution >= 0.6 is 22.9 Å². The summed E-state index contributed by atoms with van der Waals surface area (Å²) in [7, 11) is 0. The van der Waals surface area contributed by atoms with Crippen LogP contribution in [-0.2, 0) is 16.0 Å². The van der Waals surface area contributed by atoms with E-state index in [-0.39, 0.29) is 11.8 Å². The van der Waals surface area contributed by atoms with Crippen LogP contribution in [0.15, 0.2) is 42.5 Å². The maximum atomic E-state index is 12.1. The van der Waals surface area contributed by atoms with E-state index in [0.29, 0.717) is 22.8 Å². The van der Waals surface area contributed by atoms with Gasteiger partial charge in [-0.2, -0.15) is 0 Å². The summed E-state index contributed by atoms with van der Waals surface area (Å²) in [5, 5.41) is 6.88. The number of carbonyl (C=O) groups is 2. The first-order valence-electron chi connectivity index (χ1n) is 8.23. The molecule has 5 nitrogen and oxygen atoms in total. The van der Waals surface area contributed by atoms with E-state index in [4.69, 9.17) is 11.6 Å². The highest BCUT2D eigenvalue weighted by molar-refractivity contribution is 7.18. The lowest BCUT2D eigenvalue weighted by atomic mass is 10.2. The van der Waals surface area contributed by atoms with Crippen molar-refractivity contribution in [3.8, 4) is 0 Å². The van der Waals surface area contributed by atoms with Gasteiger partial charge in [0.2, 0.25) is 11.8 Å². The Balaban J connectivity index is 1.50. The Morgan fingerprint density at radius 2 is 1.96 bits per heavy atom. The number of anilines is 2. The van der Waals surface area contributed by atoms with Gasteiger partial charge in [-0.3, -0.25) is 9.59 Å². The third-order valence-electron chi connectivity index (χ3n) is 3.70. The first-order valence-corrected chi connectivity index (χ1v) is 9.42. The number of benzene rings is 2. The number of fused-ring (bicyclic) bond motifs is 1. The second kappa shape index (κ2) is 8.29. The Kier molecular flexibility index (Phi) is 5.85. The predicted molar refractivity (Wildman–Crippen MR) is 107 cm³/mol. The fourth-order valence-electron chi connectivity index (χ4n) is 2.53. The van der Waals surface area contributed by atoms with Gasteiger partial charge >= 0.3 is 0 Å². The molecule has 0 spiro atoms. The van der Waals surface area contributed by atoms with Gasteiger partial charge in [0.05, 0.1) is 25.9 Å². The van der Waals surface area contributed by atoms with Crippen LogP contribution in [0.4, 0.5) is 11.4 Å². The van der Waals surface area contributed by atoms with Crippen LogP contribution in [-0.4, -0.2) is 16.8 Å². The van der Waals surface area contributed by atoms with Crippen molar-refractivity contribution >= 4 is 56.3 Å². The molecule has 3 rings (SSSR count).